The van der Waals surface area contributed by atoms with Crippen molar-refractivity contribution in [2.24, 2.45) is 0 Å². The number of fused-ring (bicyclic) bond motifs is 3. The van der Waals surface area contributed by atoms with Crippen molar-refractivity contribution in [2.75, 3.05) is 18.1 Å². The maximum absolute atomic E-state index is 12.9. The number of hydrogen-bond acceptors (Lipinski definition) is 5. The summed E-state index contributed by atoms with van der Waals surface area (Å²) in [4.78, 5) is 36.6. The fourth-order valence-electron chi connectivity index (χ4n) is 4.67. The number of rotatable bonds is 8. The Morgan fingerprint density at radius 1 is 1.00 bits per heavy atom. The summed E-state index contributed by atoms with van der Waals surface area (Å²) < 4.78 is 5.56. The lowest BCUT2D eigenvalue weighted by Gasteiger charge is -2.22. The second-order valence-corrected chi connectivity index (χ2v) is 9.93. The van der Waals surface area contributed by atoms with Crippen LogP contribution in [0.1, 0.15) is 49.1 Å². The fraction of sp³-hybridized carbons (Fsp3) is 0.423. The number of carbonyl (C=O) groups excluding carboxylic acids is 2. The fourth-order valence-corrected chi connectivity index (χ4v) is 5.69. The van der Waals surface area contributed by atoms with Crippen LogP contribution >= 0.6 is 11.8 Å². The molecule has 2 atom stereocenters. The lowest BCUT2D eigenvalue weighted by atomic mass is 9.98. The van der Waals surface area contributed by atoms with E-state index >= 15 is 0 Å². The Hall–Kier alpha value is -3.00. The number of benzene rings is 2. The second-order valence-electron chi connectivity index (χ2n) is 8.70. The van der Waals surface area contributed by atoms with Gasteiger partial charge in [-0.05, 0) is 59.4 Å². The molecule has 3 N–H and O–H groups in total. The van der Waals surface area contributed by atoms with Crippen LogP contribution in [-0.2, 0) is 14.3 Å². The van der Waals surface area contributed by atoms with Gasteiger partial charge in [0.05, 0.1) is 0 Å². The van der Waals surface area contributed by atoms with E-state index in [2.05, 4.69) is 22.8 Å². The van der Waals surface area contributed by atoms with Gasteiger partial charge >= 0.3 is 12.1 Å². The van der Waals surface area contributed by atoms with Gasteiger partial charge in [-0.25, -0.2) is 4.79 Å². The molecule has 2 amide bonds. The van der Waals surface area contributed by atoms with Crippen LogP contribution in [0.2, 0.25) is 0 Å². The molecule has 0 spiro atoms. The van der Waals surface area contributed by atoms with Crippen molar-refractivity contribution in [3.8, 4) is 11.1 Å². The van der Waals surface area contributed by atoms with Crippen LogP contribution in [0.3, 0.4) is 0 Å². The summed E-state index contributed by atoms with van der Waals surface area (Å²) in [6.07, 6.45) is 1.84. The SMILES string of the molecule is O=C(O)CCC(NC(=O)OCC1c2ccccc2-c2ccccc21)C(=O)NC1CCCSCC1. The number of nitrogens with one attached hydrogen (secondary N) is 2. The van der Waals surface area contributed by atoms with Crippen LogP contribution in [-0.4, -0.2) is 53.3 Å². The minimum absolute atomic E-state index is 0.00678. The molecular formula is C26H30N2O5S. The number of amides is 2. The van der Waals surface area contributed by atoms with Gasteiger partial charge in [0.1, 0.15) is 12.6 Å². The van der Waals surface area contributed by atoms with E-state index in [1.54, 1.807) is 0 Å². The first-order chi connectivity index (χ1) is 16.5. The molecule has 1 aliphatic carbocycles. The topological polar surface area (TPSA) is 105 Å². The van der Waals surface area contributed by atoms with E-state index in [9.17, 15) is 14.4 Å². The first-order valence-corrected chi connectivity index (χ1v) is 12.9. The van der Waals surface area contributed by atoms with Gasteiger partial charge in [-0.1, -0.05) is 48.5 Å². The Kier molecular flexibility index (Phi) is 8.11. The molecule has 7 nitrogen and oxygen atoms in total. The normalized spacial score (nSPS) is 18.2. The van der Waals surface area contributed by atoms with Gasteiger partial charge in [0.15, 0.2) is 0 Å². The predicted molar refractivity (Wildman–Crippen MR) is 132 cm³/mol. The van der Waals surface area contributed by atoms with E-state index < -0.39 is 18.1 Å². The molecule has 0 bridgehead atoms. The highest BCUT2D eigenvalue weighted by molar-refractivity contribution is 7.99. The Morgan fingerprint density at radius 2 is 1.68 bits per heavy atom. The maximum Gasteiger partial charge on any atom is 0.407 e. The Bertz CT molecular complexity index is 990. The van der Waals surface area contributed by atoms with Crippen LogP contribution < -0.4 is 10.6 Å². The summed E-state index contributed by atoms with van der Waals surface area (Å²) in [6.45, 7) is 0.132. The second kappa shape index (κ2) is 11.4. The number of carbonyl (C=O) groups is 3. The Balaban J connectivity index is 1.38. The van der Waals surface area contributed by atoms with E-state index in [4.69, 9.17) is 9.84 Å². The average molecular weight is 483 g/mol. The first-order valence-electron chi connectivity index (χ1n) is 11.7. The molecule has 1 fully saturated rings. The molecule has 1 aliphatic heterocycles. The van der Waals surface area contributed by atoms with E-state index in [1.807, 2.05) is 48.2 Å². The number of carboxylic acids is 1. The number of aliphatic carboxylic acids is 1. The van der Waals surface area contributed by atoms with Crippen molar-refractivity contribution in [3.63, 3.8) is 0 Å². The van der Waals surface area contributed by atoms with Crippen molar-refractivity contribution in [3.05, 3.63) is 59.7 Å². The third kappa shape index (κ3) is 5.91. The highest BCUT2D eigenvalue weighted by Gasteiger charge is 2.30. The first kappa shape index (κ1) is 24.1. The summed E-state index contributed by atoms with van der Waals surface area (Å²) in [6, 6.07) is 15.2. The molecule has 1 saturated heterocycles. The number of ether oxygens (including phenoxy) is 1. The van der Waals surface area contributed by atoms with Gasteiger partial charge in [-0.15, -0.1) is 0 Å². The minimum atomic E-state index is -1.02. The van der Waals surface area contributed by atoms with Crippen LogP contribution in [0.25, 0.3) is 11.1 Å². The summed E-state index contributed by atoms with van der Waals surface area (Å²) in [5, 5.41) is 14.7. The highest BCUT2D eigenvalue weighted by Crippen LogP contribution is 2.44. The van der Waals surface area contributed by atoms with E-state index in [0.29, 0.717) is 0 Å². The van der Waals surface area contributed by atoms with Crippen LogP contribution in [0.5, 0.6) is 0 Å². The summed E-state index contributed by atoms with van der Waals surface area (Å²) in [7, 11) is 0. The molecule has 2 aromatic rings. The van der Waals surface area contributed by atoms with E-state index in [-0.39, 0.29) is 37.3 Å². The van der Waals surface area contributed by atoms with E-state index in [1.165, 1.54) is 0 Å². The van der Waals surface area contributed by atoms with Crippen molar-refractivity contribution >= 4 is 29.7 Å². The molecule has 34 heavy (non-hydrogen) atoms. The zero-order chi connectivity index (χ0) is 23.9. The molecule has 2 aromatic carbocycles. The Labute approximate surface area is 203 Å². The van der Waals surface area contributed by atoms with Crippen LogP contribution in [0, 0.1) is 0 Å². The van der Waals surface area contributed by atoms with E-state index in [0.717, 1.165) is 53.0 Å². The molecule has 2 aliphatic rings. The number of hydrogen-bond donors (Lipinski definition) is 3. The van der Waals surface area contributed by atoms with Gasteiger partial charge in [0, 0.05) is 18.4 Å². The summed E-state index contributed by atoms with van der Waals surface area (Å²) in [5.74, 6) is 0.592. The molecule has 180 valence electrons. The summed E-state index contributed by atoms with van der Waals surface area (Å²) in [5.41, 5.74) is 4.46. The van der Waals surface area contributed by atoms with Gasteiger partial charge in [0.25, 0.3) is 0 Å². The Morgan fingerprint density at radius 3 is 2.35 bits per heavy atom. The average Bonchev–Trinajstić information content (AvgIpc) is 2.95. The minimum Gasteiger partial charge on any atom is -0.481 e. The zero-order valence-electron chi connectivity index (χ0n) is 19.0. The third-order valence-electron chi connectivity index (χ3n) is 6.40. The smallest absolute Gasteiger partial charge is 0.407 e. The zero-order valence-corrected chi connectivity index (χ0v) is 19.8. The van der Waals surface area contributed by atoms with Crippen molar-refractivity contribution in [1.29, 1.82) is 0 Å². The van der Waals surface area contributed by atoms with Crippen molar-refractivity contribution in [1.82, 2.24) is 10.6 Å². The number of alkyl carbamates (subject to hydrolysis) is 1. The molecule has 1 heterocycles. The lowest BCUT2D eigenvalue weighted by Crippen LogP contribution is -2.50. The highest BCUT2D eigenvalue weighted by atomic mass is 32.2. The van der Waals surface area contributed by atoms with Gasteiger partial charge in [0.2, 0.25) is 5.91 Å². The van der Waals surface area contributed by atoms with Crippen LogP contribution in [0.15, 0.2) is 48.5 Å². The van der Waals surface area contributed by atoms with Gasteiger partial charge in [-0.3, -0.25) is 9.59 Å². The van der Waals surface area contributed by atoms with Gasteiger partial charge in [-0.2, -0.15) is 11.8 Å². The quantitative estimate of drug-likeness (QED) is 0.522. The molecule has 4 rings (SSSR count). The standard InChI is InChI=1S/C26H30N2O5S/c29-24(30)12-11-23(25(31)27-17-6-5-14-34-15-13-17)28-26(32)33-16-22-20-9-3-1-7-18(20)19-8-2-4-10-21(19)22/h1-4,7-10,17,22-23H,5-6,11-16H2,(H,27,31)(H,28,32)(H,29,30). The van der Waals surface area contributed by atoms with Crippen LogP contribution in [0.4, 0.5) is 4.79 Å². The molecule has 0 saturated carbocycles. The van der Waals surface area contributed by atoms with Crippen molar-refractivity contribution in [2.45, 2.75) is 50.1 Å². The monoisotopic (exact) mass is 482 g/mol. The third-order valence-corrected chi connectivity index (χ3v) is 7.50. The summed E-state index contributed by atoms with van der Waals surface area (Å²) >= 11 is 1.87. The van der Waals surface area contributed by atoms with Crippen molar-refractivity contribution < 1.29 is 24.2 Å². The molecular weight excluding hydrogens is 452 g/mol. The molecule has 0 radical (unpaired) electrons. The maximum atomic E-state index is 12.9. The molecule has 2 unspecified atom stereocenters. The molecule has 8 heteroatoms. The number of thioether (sulfide) groups is 1. The predicted octanol–water partition coefficient (Wildman–Crippen LogP) is 4.16. The lowest BCUT2D eigenvalue weighted by molar-refractivity contribution is -0.137. The molecule has 0 aromatic heterocycles. The van der Waals surface area contributed by atoms with Gasteiger partial charge < -0.3 is 20.5 Å². The largest absolute Gasteiger partial charge is 0.481 e. The number of carboxylic acid groups (broad SMARTS) is 1.